The second-order valence-electron chi connectivity index (χ2n) is 5.13. The minimum atomic E-state index is 0.0550. The molecular weight excluding hydrogens is 306 g/mol. The lowest BCUT2D eigenvalue weighted by Crippen LogP contribution is -1.95. The smallest absolute Gasteiger partial charge is 0.162 e. The van der Waals surface area contributed by atoms with Crippen LogP contribution in [-0.4, -0.2) is 12.9 Å². The zero-order valence-corrected chi connectivity index (χ0v) is 13.8. The average Bonchev–Trinajstić information content (AvgIpc) is 3.00. The zero-order valence-electron chi connectivity index (χ0n) is 13.0. The number of carbonyl (C=O) groups is 1. The molecule has 0 aliphatic carbocycles. The quantitative estimate of drug-likeness (QED) is 0.641. The van der Waals surface area contributed by atoms with Gasteiger partial charge in [-0.2, -0.15) is 0 Å². The highest BCUT2D eigenvalue weighted by atomic mass is 32.1. The maximum absolute atomic E-state index is 11.9. The summed E-state index contributed by atoms with van der Waals surface area (Å²) in [5, 5.41) is 4.21. The summed E-state index contributed by atoms with van der Waals surface area (Å²) in [5.74, 6) is 0.874. The molecule has 3 rings (SSSR count). The molecule has 0 unspecified atom stereocenters. The molecule has 0 atom stereocenters. The van der Waals surface area contributed by atoms with E-state index in [4.69, 9.17) is 4.74 Å². The monoisotopic (exact) mass is 323 g/mol. The van der Waals surface area contributed by atoms with Crippen LogP contribution >= 0.6 is 11.3 Å². The summed E-state index contributed by atoms with van der Waals surface area (Å²) in [6.45, 7) is 1.59. The summed E-state index contributed by atoms with van der Waals surface area (Å²) in [6, 6.07) is 19.7. The van der Waals surface area contributed by atoms with Gasteiger partial charge in [-0.05, 0) is 55.0 Å². The van der Waals surface area contributed by atoms with Crippen LogP contribution in [0.4, 0.5) is 10.7 Å². The molecule has 23 heavy (non-hydrogen) atoms. The van der Waals surface area contributed by atoms with E-state index in [-0.39, 0.29) is 5.78 Å². The number of anilines is 2. The number of para-hydroxylation sites is 1. The second kappa shape index (κ2) is 6.67. The van der Waals surface area contributed by atoms with Crippen molar-refractivity contribution >= 4 is 27.8 Å². The van der Waals surface area contributed by atoms with Gasteiger partial charge in [0.1, 0.15) is 10.8 Å². The molecule has 1 aromatic heterocycles. The summed E-state index contributed by atoms with van der Waals surface area (Å²) in [4.78, 5) is 13.0. The molecule has 0 spiro atoms. The Kier molecular flexibility index (Phi) is 4.44. The van der Waals surface area contributed by atoms with Gasteiger partial charge in [0.05, 0.1) is 12.7 Å². The van der Waals surface area contributed by atoms with Gasteiger partial charge < -0.3 is 10.1 Å². The summed E-state index contributed by atoms with van der Waals surface area (Å²) in [5.41, 5.74) is 2.75. The van der Waals surface area contributed by atoms with Crippen LogP contribution < -0.4 is 10.1 Å². The van der Waals surface area contributed by atoms with Crippen molar-refractivity contribution in [1.82, 2.24) is 0 Å². The first kappa shape index (κ1) is 15.3. The minimum absolute atomic E-state index is 0.0550. The molecule has 4 heteroatoms. The number of thiophene rings is 1. The normalized spacial score (nSPS) is 10.3. The van der Waals surface area contributed by atoms with Crippen LogP contribution in [0.1, 0.15) is 17.3 Å². The number of hydrogen-bond acceptors (Lipinski definition) is 4. The highest BCUT2D eigenvalue weighted by Gasteiger charge is 2.14. The van der Waals surface area contributed by atoms with E-state index in [0.29, 0.717) is 5.56 Å². The topological polar surface area (TPSA) is 38.3 Å². The molecule has 0 bridgehead atoms. The zero-order chi connectivity index (χ0) is 16.2. The molecule has 0 radical (unpaired) electrons. The molecule has 0 fully saturated rings. The van der Waals surface area contributed by atoms with Crippen molar-refractivity contribution in [3.8, 4) is 16.2 Å². The molecule has 3 aromatic rings. The number of ether oxygens (including phenoxy) is 1. The lowest BCUT2D eigenvalue weighted by molar-refractivity contribution is 0.101. The Morgan fingerprint density at radius 3 is 2.35 bits per heavy atom. The molecule has 3 nitrogen and oxygen atoms in total. The molecule has 2 aromatic carbocycles. The number of methoxy groups -OCH3 is 1. The van der Waals surface area contributed by atoms with Crippen molar-refractivity contribution < 1.29 is 9.53 Å². The highest BCUT2D eigenvalue weighted by Crippen LogP contribution is 2.37. The second-order valence-corrected chi connectivity index (χ2v) is 6.18. The number of hydrogen-bond donors (Lipinski definition) is 1. The third-order valence-electron chi connectivity index (χ3n) is 3.52. The fourth-order valence-corrected chi connectivity index (χ4v) is 3.43. The van der Waals surface area contributed by atoms with Gasteiger partial charge in [-0.3, -0.25) is 4.79 Å². The number of Topliss-reactive ketones (excluding diaryl/α,β-unsaturated/α-hetero) is 1. The van der Waals surface area contributed by atoms with Crippen LogP contribution in [0.2, 0.25) is 0 Å². The lowest BCUT2D eigenvalue weighted by Gasteiger charge is -2.05. The maximum Gasteiger partial charge on any atom is 0.162 e. The Hall–Kier alpha value is -2.59. The van der Waals surface area contributed by atoms with E-state index < -0.39 is 0 Å². The van der Waals surface area contributed by atoms with Crippen molar-refractivity contribution in [2.45, 2.75) is 6.92 Å². The highest BCUT2D eigenvalue weighted by molar-refractivity contribution is 7.19. The van der Waals surface area contributed by atoms with Crippen LogP contribution in [0.5, 0.6) is 5.75 Å². The van der Waals surface area contributed by atoms with Gasteiger partial charge in [-0.1, -0.05) is 18.2 Å². The molecule has 0 amide bonds. The fraction of sp³-hybridized carbons (Fsp3) is 0.105. The van der Waals surface area contributed by atoms with Crippen molar-refractivity contribution in [1.29, 1.82) is 0 Å². The molecule has 0 aliphatic rings. The first-order valence-electron chi connectivity index (χ1n) is 7.28. The van der Waals surface area contributed by atoms with Crippen LogP contribution in [-0.2, 0) is 0 Å². The Bertz CT molecular complexity index is 807. The minimum Gasteiger partial charge on any atom is -0.497 e. The summed E-state index contributed by atoms with van der Waals surface area (Å²) < 4.78 is 5.19. The van der Waals surface area contributed by atoms with Crippen molar-refractivity contribution in [3.05, 3.63) is 66.2 Å². The van der Waals surface area contributed by atoms with Crippen LogP contribution in [0, 0.1) is 0 Å². The molecule has 1 N–H and O–H groups in total. The number of benzene rings is 2. The number of ketones is 1. The molecular formula is C19H17NO2S. The largest absolute Gasteiger partial charge is 0.497 e. The van der Waals surface area contributed by atoms with Crippen molar-refractivity contribution in [3.63, 3.8) is 0 Å². The Labute approximate surface area is 139 Å². The summed E-state index contributed by atoms with van der Waals surface area (Å²) in [7, 11) is 1.65. The van der Waals surface area contributed by atoms with E-state index in [1.54, 1.807) is 25.4 Å². The van der Waals surface area contributed by atoms with Gasteiger partial charge in [0.15, 0.2) is 5.78 Å². The van der Waals surface area contributed by atoms with Gasteiger partial charge in [-0.15, -0.1) is 11.3 Å². The molecule has 116 valence electrons. The predicted octanol–water partition coefficient (Wildman–Crippen LogP) is 5.37. The Morgan fingerprint density at radius 2 is 1.74 bits per heavy atom. The van der Waals surface area contributed by atoms with Crippen molar-refractivity contribution in [2.24, 2.45) is 0 Å². The first-order chi connectivity index (χ1) is 11.2. The van der Waals surface area contributed by atoms with Gasteiger partial charge in [0, 0.05) is 10.6 Å². The molecule has 0 saturated heterocycles. The van der Waals surface area contributed by atoms with E-state index >= 15 is 0 Å². The van der Waals surface area contributed by atoms with Crippen molar-refractivity contribution in [2.75, 3.05) is 12.4 Å². The van der Waals surface area contributed by atoms with E-state index in [1.807, 2.05) is 60.7 Å². The maximum atomic E-state index is 11.9. The Morgan fingerprint density at radius 1 is 1.04 bits per heavy atom. The Balaban J connectivity index is 1.96. The number of rotatable bonds is 5. The third-order valence-corrected chi connectivity index (χ3v) is 4.62. The number of nitrogens with one attached hydrogen (secondary N) is 1. The lowest BCUT2D eigenvalue weighted by atomic mass is 10.1. The SMILES string of the molecule is COc1ccc(-c2cc(C(C)=O)c(Nc3ccccc3)s2)cc1. The average molecular weight is 323 g/mol. The standard InChI is InChI=1S/C19H17NO2S/c1-13(21)17-12-18(14-8-10-16(22-2)11-9-14)23-19(17)20-15-6-4-3-5-7-15/h3-12,20H,1-2H3. The van der Waals surface area contributed by atoms with E-state index in [2.05, 4.69) is 5.32 Å². The summed E-state index contributed by atoms with van der Waals surface area (Å²) in [6.07, 6.45) is 0. The predicted molar refractivity (Wildman–Crippen MR) is 96.0 cm³/mol. The van der Waals surface area contributed by atoms with E-state index in [0.717, 1.165) is 26.9 Å². The fourth-order valence-electron chi connectivity index (χ4n) is 2.30. The van der Waals surface area contributed by atoms with Gasteiger partial charge in [0.2, 0.25) is 0 Å². The van der Waals surface area contributed by atoms with E-state index in [9.17, 15) is 4.79 Å². The van der Waals surface area contributed by atoms with Crippen LogP contribution in [0.3, 0.4) is 0 Å². The molecule has 0 aliphatic heterocycles. The number of carbonyl (C=O) groups excluding carboxylic acids is 1. The third kappa shape index (κ3) is 3.43. The van der Waals surface area contributed by atoms with Gasteiger partial charge in [0.25, 0.3) is 0 Å². The van der Waals surface area contributed by atoms with Crippen LogP contribution in [0.15, 0.2) is 60.7 Å². The van der Waals surface area contributed by atoms with Crippen LogP contribution in [0.25, 0.3) is 10.4 Å². The van der Waals surface area contributed by atoms with Gasteiger partial charge >= 0.3 is 0 Å². The first-order valence-corrected chi connectivity index (χ1v) is 8.10. The van der Waals surface area contributed by atoms with E-state index in [1.165, 1.54) is 0 Å². The molecule has 1 heterocycles. The summed E-state index contributed by atoms with van der Waals surface area (Å²) >= 11 is 1.58. The molecule has 0 saturated carbocycles. The van der Waals surface area contributed by atoms with Gasteiger partial charge in [-0.25, -0.2) is 0 Å².